The molecule has 100 valence electrons. The van der Waals surface area contributed by atoms with E-state index in [9.17, 15) is 4.79 Å². The molecule has 0 aliphatic rings. The van der Waals surface area contributed by atoms with E-state index in [4.69, 9.17) is 9.84 Å². The fourth-order valence-electron chi connectivity index (χ4n) is 1.75. The van der Waals surface area contributed by atoms with Crippen LogP contribution in [0.15, 0.2) is 24.3 Å². The lowest BCUT2D eigenvalue weighted by Gasteiger charge is -2.20. The number of rotatable bonds is 8. The first-order chi connectivity index (χ1) is 8.67. The van der Waals surface area contributed by atoms with Gasteiger partial charge in [0.1, 0.15) is 0 Å². The normalized spacial score (nSPS) is 10.8. The Morgan fingerprint density at radius 1 is 1.39 bits per heavy atom. The molecule has 1 rings (SSSR count). The van der Waals surface area contributed by atoms with E-state index in [0.29, 0.717) is 12.2 Å². The van der Waals surface area contributed by atoms with Crippen LogP contribution in [0.5, 0.6) is 0 Å². The molecular formula is C14H21NO3. The number of ether oxygens (including phenoxy) is 1. The van der Waals surface area contributed by atoms with Gasteiger partial charge in [0.05, 0.1) is 12.2 Å². The minimum absolute atomic E-state index is 0.341. The fourth-order valence-corrected chi connectivity index (χ4v) is 1.75. The SMILES string of the molecule is CCOCCN(CC)Cc1cccc(C(=O)O)c1. The van der Waals surface area contributed by atoms with Crippen molar-refractivity contribution in [2.45, 2.75) is 20.4 Å². The van der Waals surface area contributed by atoms with Crippen molar-refractivity contribution in [1.29, 1.82) is 0 Å². The third-order valence-corrected chi connectivity index (χ3v) is 2.78. The largest absolute Gasteiger partial charge is 0.478 e. The molecule has 1 aromatic rings. The van der Waals surface area contributed by atoms with E-state index in [-0.39, 0.29) is 0 Å². The summed E-state index contributed by atoms with van der Waals surface area (Å²) in [5.41, 5.74) is 1.36. The van der Waals surface area contributed by atoms with Crippen molar-refractivity contribution in [2.75, 3.05) is 26.3 Å². The summed E-state index contributed by atoms with van der Waals surface area (Å²) in [6.07, 6.45) is 0. The van der Waals surface area contributed by atoms with Crippen molar-refractivity contribution in [3.05, 3.63) is 35.4 Å². The van der Waals surface area contributed by atoms with Gasteiger partial charge < -0.3 is 9.84 Å². The second-order valence-corrected chi connectivity index (χ2v) is 4.07. The van der Waals surface area contributed by atoms with Gasteiger partial charge in [0.15, 0.2) is 0 Å². The molecule has 0 aromatic heterocycles. The highest BCUT2D eigenvalue weighted by Gasteiger charge is 2.06. The standard InChI is InChI=1S/C14H21NO3/c1-3-15(8-9-18-4-2)11-12-6-5-7-13(10-12)14(16)17/h5-7,10H,3-4,8-9,11H2,1-2H3,(H,16,17). The quantitative estimate of drug-likeness (QED) is 0.720. The number of hydrogen-bond acceptors (Lipinski definition) is 3. The molecule has 0 bridgehead atoms. The minimum Gasteiger partial charge on any atom is -0.478 e. The van der Waals surface area contributed by atoms with Gasteiger partial charge in [-0.25, -0.2) is 4.79 Å². The second-order valence-electron chi connectivity index (χ2n) is 4.07. The Bertz CT molecular complexity index is 379. The van der Waals surface area contributed by atoms with Crippen LogP contribution in [0.4, 0.5) is 0 Å². The monoisotopic (exact) mass is 251 g/mol. The molecule has 18 heavy (non-hydrogen) atoms. The lowest BCUT2D eigenvalue weighted by molar-refractivity contribution is 0.0696. The van der Waals surface area contributed by atoms with Crippen LogP contribution in [0.1, 0.15) is 29.8 Å². The lowest BCUT2D eigenvalue weighted by atomic mass is 10.1. The maximum absolute atomic E-state index is 10.9. The Morgan fingerprint density at radius 2 is 2.17 bits per heavy atom. The maximum Gasteiger partial charge on any atom is 0.335 e. The van der Waals surface area contributed by atoms with Crippen LogP contribution in [-0.2, 0) is 11.3 Å². The van der Waals surface area contributed by atoms with Crippen LogP contribution in [0.2, 0.25) is 0 Å². The van der Waals surface area contributed by atoms with Crippen molar-refractivity contribution in [3.8, 4) is 0 Å². The number of aromatic carboxylic acids is 1. The predicted octanol–water partition coefficient (Wildman–Crippen LogP) is 2.24. The second kappa shape index (κ2) is 7.84. The maximum atomic E-state index is 10.9. The molecule has 0 fully saturated rings. The summed E-state index contributed by atoms with van der Waals surface area (Å²) in [5.74, 6) is -0.880. The molecule has 4 heteroatoms. The summed E-state index contributed by atoms with van der Waals surface area (Å²) < 4.78 is 5.33. The van der Waals surface area contributed by atoms with Crippen molar-refractivity contribution in [2.24, 2.45) is 0 Å². The average molecular weight is 251 g/mol. The van der Waals surface area contributed by atoms with Crippen LogP contribution >= 0.6 is 0 Å². The van der Waals surface area contributed by atoms with Crippen molar-refractivity contribution in [3.63, 3.8) is 0 Å². The zero-order valence-electron chi connectivity index (χ0n) is 11.1. The van der Waals surface area contributed by atoms with Crippen LogP contribution < -0.4 is 0 Å². The predicted molar refractivity (Wildman–Crippen MR) is 70.8 cm³/mol. The molecule has 0 aliphatic carbocycles. The van der Waals surface area contributed by atoms with Crippen LogP contribution in [0.3, 0.4) is 0 Å². The van der Waals surface area contributed by atoms with E-state index >= 15 is 0 Å². The third kappa shape index (κ3) is 4.85. The Balaban J connectivity index is 2.58. The number of carboxylic acids is 1. The number of nitrogens with zero attached hydrogens (tertiary/aromatic N) is 1. The lowest BCUT2D eigenvalue weighted by Crippen LogP contribution is -2.27. The van der Waals surface area contributed by atoms with E-state index in [1.54, 1.807) is 18.2 Å². The molecule has 1 aromatic carbocycles. The first-order valence-corrected chi connectivity index (χ1v) is 6.29. The van der Waals surface area contributed by atoms with E-state index in [1.165, 1.54) is 0 Å². The summed E-state index contributed by atoms with van der Waals surface area (Å²) in [6, 6.07) is 7.08. The molecule has 0 saturated carbocycles. The molecule has 0 unspecified atom stereocenters. The first-order valence-electron chi connectivity index (χ1n) is 6.29. The molecule has 0 saturated heterocycles. The number of carboxylic acid groups (broad SMARTS) is 1. The Hall–Kier alpha value is -1.39. The van der Waals surface area contributed by atoms with Crippen molar-refractivity contribution in [1.82, 2.24) is 4.90 Å². The Kier molecular flexibility index (Phi) is 6.39. The van der Waals surface area contributed by atoms with E-state index < -0.39 is 5.97 Å². The average Bonchev–Trinajstić information content (AvgIpc) is 2.38. The van der Waals surface area contributed by atoms with Gasteiger partial charge in [0.25, 0.3) is 0 Å². The van der Waals surface area contributed by atoms with Gasteiger partial charge >= 0.3 is 5.97 Å². The third-order valence-electron chi connectivity index (χ3n) is 2.78. The summed E-state index contributed by atoms with van der Waals surface area (Å²) in [4.78, 5) is 13.1. The summed E-state index contributed by atoms with van der Waals surface area (Å²) in [5, 5.41) is 8.94. The van der Waals surface area contributed by atoms with Crippen LogP contribution in [-0.4, -0.2) is 42.3 Å². The van der Waals surface area contributed by atoms with Crippen molar-refractivity contribution < 1.29 is 14.6 Å². The van der Waals surface area contributed by atoms with Gasteiger partial charge in [-0.05, 0) is 31.2 Å². The van der Waals surface area contributed by atoms with Gasteiger partial charge in [-0.15, -0.1) is 0 Å². The van der Waals surface area contributed by atoms with Gasteiger partial charge in [-0.2, -0.15) is 0 Å². The number of carbonyl (C=O) groups is 1. The van der Waals surface area contributed by atoms with Crippen molar-refractivity contribution >= 4 is 5.97 Å². The zero-order valence-corrected chi connectivity index (χ0v) is 11.1. The zero-order chi connectivity index (χ0) is 13.4. The molecule has 0 amide bonds. The highest BCUT2D eigenvalue weighted by Crippen LogP contribution is 2.08. The van der Waals surface area contributed by atoms with E-state index in [2.05, 4.69) is 11.8 Å². The number of benzene rings is 1. The summed E-state index contributed by atoms with van der Waals surface area (Å²) in [6.45, 7) is 8.05. The first kappa shape index (κ1) is 14.7. The molecule has 4 nitrogen and oxygen atoms in total. The molecule has 1 N–H and O–H groups in total. The van der Waals surface area contributed by atoms with E-state index in [1.807, 2.05) is 13.0 Å². The summed E-state index contributed by atoms with van der Waals surface area (Å²) >= 11 is 0. The van der Waals surface area contributed by atoms with Crippen LogP contribution in [0.25, 0.3) is 0 Å². The van der Waals surface area contributed by atoms with Gasteiger partial charge in [-0.1, -0.05) is 19.1 Å². The van der Waals surface area contributed by atoms with Gasteiger partial charge in [0, 0.05) is 19.7 Å². The number of likely N-dealkylation sites (N-methyl/N-ethyl adjacent to an activating group) is 1. The smallest absolute Gasteiger partial charge is 0.335 e. The topological polar surface area (TPSA) is 49.8 Å². The van der Waals surface area contributed by atoms with Crippen LogP contribution in [0, 0.1) is 0 Å². The summed E-state index contributed by atoms with van der Waals surface area (Å²) in [7, 11) is 0. The van der Waals surface area contributed by atoms with Gasteiger partial charge in [-0.3, -0.25) is 4.90 Å². The fraction of sp³-hybridized carbons (Fsp3) is 0.500. The van der Waals surface area contributed by atoms with E-state index in [0.717, 1.165) is 31.8 Å². The number of hydrogen-bond donors (Lipinski definition) is 1. The van der Waals surface area contributed by atoms with Gasteiger partial charge in [0.2, 0.25) is 0 Å². The molecule has 0 atom stereocenters. The highest BCUT2D eigenvalue weighted by atomic mass is 16.5. The molecular weight excluding hydrogens is 230 g/mol. The Morgan fingerprint density at radius 3 is 2.78 bits per heavy atom. The Labute approximate surface area is 108 Å². The molecule has 0 radical (unpaired) electrons. The minimum atomic E-state index is -0.880. The molecule has 0 heterocycles. The molecule has 0 spiro atoms. The highest BCUT2D eigenvalue weighted by molar-refractivity contribution is 5.87. The molecule has 0 aliphatic heterocycles.